The van der Waals surface area contributed by atoms with Gasteiger partial charge in [-0.2, -0.15) is 10.5 Å². The molecule has 2 aromatic rings. The van der Waals surface area contributed by atoms with E-state index in [1.54, 1.807) is 36.3 Å². The van der Waals surface area contributed by atoms with Gasteiger partial charge in [0.15, 0.2) is 5.76 Å². The van der Waals surface area contributed by atoms with E-state index in [-0.39, 0.29) is 42.7 Å². The second-order valence-electron chi connectivity index (χ2n) is 6.12. The van der Waals surface area contributed by atoms with Crippen LogP contribution in [0, 0.1) is 22.7 Å². The molecule has 7 nitrogen and oxygen atoms in total. The smallest absolute Gasteiger partial charge is 0.231 e. The molecule has 0 saturated heterocycles. The first-order valence-corrected chi connectivity index (χ1v) is 8.46. The minimum Gasteiger partial charge on any atom is -0.507 e. The molecule has 0 amide bonds. The van der Waals surface area contributed by atoms with E-state index in [0.29, 0.717) is 16.9 Å². The SMILES string of the molecule is COc1cccc(/C=C2/Oc3c(ccc(O)c3CN(CC#N)CC#N)C2=O)c1. The lowest BCUT2D eigenvalue weighted by atomic mass is 10.0. The maximum absolute atomic E-state index is 12.7. The van der Waals surface area contributed by atoms with Crippen molar-refractivity contribution in [2.45, 2.75) is 6.54 Å². The van der Waals surface area contributed by atoms with Gasteiger partial charge in [-0.05, 0) is 35.9 Å². The number of benzene rings is 2. The molecule has 0 spiro atoms. The Hall–Kier alpha value is -3.81. The molecule has 140 valence electrons. The molecule has 0 bridgehead atoms. The van der Waals surface area contributed by atoms with E-state index in [1.165, 1.54) is 12.1 Å². The van der Waals surface area contributed by atoms with E-state index in [2.05, 4.69) is 0 Å². The van der Waals surface area contributed by atoms with Gasteiger partial charge < -0.3 is 14.6 Å². The maximum Gasteiger partial charge on any atom is 0.231 e. The molecule has 0 unspecified atom stereocenters. The summed E-state index contributed by atoms with van der Waals surface area (Å²) < 4.78 is 11.0. The topological polar surface area (TPSA) is 107 Å². The maximum atomic E-state index is 12.7. The van der Waals surface area contributed by atoms with E-state index >= 15 is 0 Å². The summed E-state index contributed by atoms with van der Waals surface area (Å²) in [6.07, 6.45) is 1.61. The number of rotatable bonds is 6. The second-order valence-corrected chi connectivity index (χ2v) is 6.12. The third-order valence-corrected chi connectivity index (χ3v) is 4.28. The van der Waals surface area contributed by atoms with Crippen molar-refractivity contribution < 1.29 is 19.4 Å². The summed E-state index contributed by atoms with van der Waals surface area (Å²) >= 11 is 0. The van der Waals surface area contributed by atoms with E-state index in [4.69, 9.17) is 20.0 Å². The van der Waals surface area contributed by atoms with Crippen LogP contribution in [0.1, 0.15) is 21.5 Å². The van der Waals surface area contributed by atoms with Crippen molar-refractivity contribution in [3.8, 4) is 29.4 Å². The normalized spacial score (nSPS) is 13.7. The van der Waals surface area contributed by atoms with Crippen molar-refractivity contribution in [2.75, 3.05) is 20.2 Å². The summed E-state index contributed by atoms with van der Waals surface area (Å²) in [6.45, 7) is 0.129. The Balaban J connectivity index is 1.95. The minimum absolute atomic E-state index is 0.0110. The Bertz CT molecular complexity index is 1010. The van der Waals surface area contributed by atoms with Crippen molar-refractivity contribution in [3.05, 3.63) is 58.8 Å². The number of methoxy groups -OCH3 is 1. The van der Waals surface area contributed by atoms with Crippen molar-refractivity contribution >= 4 is 11.9 Å². The summed E-state index contributed by atoms with van der Waals surface area (Å²) in [5.74, 6) is 0.669. The molecule has 2 aromatic carbocycles. The lowest BCUT2D eigenvalue weighted by molar-refractivity contribution is 0.101. The fourth-order valence-electron chi connectivity index (χ4n) is 2.92. The van der Waals surface area contributed by atoms with E-state index in [1.807, 2.05) is 18.2 Å². The van der Waals surface area contributed by atoms with Crippen LogP contribution >= 0.6 is 0 Å². The Labute approximate surface area is 162 Å². The highest BCUT2D eigenvalue weighted by Crippen LogP contribution is 2.40. The van der Waals surface area contributed by atoms with Gasteiger partial charge in [0.2, 0.25) is 5.78 Å². The second kappa shape index (κ2) is 8.26. The van der Waals surface area contributed by atoms with Crippen molar-refractivity contribution in [1.29, 1.82) is 10.5 Å². The molecule has 28 heavy (non-hydrogen) atoms. The fraction of sp³-hybridized carbons (Fsp3) is 0.190. The summed E-state index contributed by atoms with van der Waals surface area (Å²) in [7, 11) is 1.56. The molecular formula is C21H17N3O4. The van der Waals surface area contributed by atoms with E-state index in [0.717, 1.165) is 5.56 Å². The number of allylic oxidation sites excluding steroid dienone is 1. The highest BCUT2D eigenvalue weighted by atomic mass is 16.5. The van der Waals surface area contributed by atoms with Gasteiger partial charge in [0, 0.05) is 6.54 Å². The van der Waals surface area contributed by atoms with Gasteiger partial charge in [-0.1, -0.05) is 12.1 Å². The van der Waals surface area contributed by atoms with Crippen LogP contribution in [0.25, 0.3) is 6.08 Å². The summed E-state index contributed by atoms with van der Waals surface area (Å²) in [6, 6.07) is 14.1. The number of nitrogens with zero attached hydrogens (tertiary/aromatic N) is 3. The quantitative estimate of drug-likeness (QED) is 0.611. The van der Waals surface area contributed by atoms with Gasteiger partial charge >= 0.3 is 0 Å². The highest BCUT2D eigenvalue weighted by molar-refractivity contribution is 6.15. The number of phenolic OH excluding ortho intramolecular Hbond substituents is 1. The van der Waals surface area contributed by atoms with Gasteiger partial charge in [-0.25, -0.2) is 0 Å². The molecule has 1 aliphatic rings. The predicted molar refractivity (Wildman–Crippen MR) is 101 cm³/mol. The minimum atomic E-state index is -0.300. The van der Waals surface area contributed by atoms with Crippen LogP contribution in [-0.2, 0) is 6.54 Å². The number of carbonyl (C=O) groups excluding carboxylic acids is 1. The predicted octanol–water partition coefficient (Wildman–Crippen LogP) is 2.87. The molecule has 0 aliphatic carbocycles. The van der Waals surface area contributed by atoms with Crippen LogP contribution in [0.2, 0.25) is 0 Å². The Kier molecular flexibility index (Phi) is 5.59. The van der Waals surface area contributed by atoms with Crippen LogP contribution in [0.3, 0.4) is 0 Å². The molecule has 0 aromatic heterocycles. The Morgan fingerprint density at radius 3 is 2.64 bits per heavy atom. The zero-order valence-electron chi connectivity index (χ0n) is 15.2. The van der Waals surface area contributed by atoms with Gasteiger partial charge in [-0.3, -0.25) is 9.69 Å². The van der Waals surface area contributed by atoms with Crippen molar-refractivity contribution in [2.24, 2.45) is 0 Å². The highest BCUT2D eigenvalue weighted by Gasteiger charge is 2.31. The zero-order chi connectivity index (χ0) is 20.1. The number of phenols is 1. The number of hydrogen-bond acceptors (Lipinski definition) is 7. The molecule has 0 fully saturated rings. The lowest BCUT2D eigenvalue weighted by Crippen LogP contribution is -2.24. The van der Waals surface area contributed by atoms with Crippen LogP contribution in [0.4, 0.5) is 0 Å². The van der Waals surface area contributed by atoms with Crippen LogP contribution in [0.5, 0.6) is 17.2 Å². The molecule has 1 N–H and O–H groups in total. The molecule has 3 rings (SSSR count). The third-order valence-electron chi connectivity index (χ3n) is 4.28. The standard InChI is InChI=1S/C21H17N3O4/c1-27-15-4-2-3-14(11-15)12-19-20(26)16-5-6-18(25)17(21(16)28-19)13-24(9-7-22)10-8-23/h2-6,11-12,25H,9-10,13H2,1H3/b19-12+. The first kappa shape index (κ1) is 19.0. The number of aromatic hydroxyl groups is 1. The Morgan fingerprint density at radius 2 is 1.96 bits per heavy atom. The monoisotopic (exact) mass is 375 g/mol. The molecule has 1 aliphatic heterocycles. The number of nitriles is 2. The average Bonchev–Trinajstić information content (AvgIpc) is 3.00. The fourth-order valence-corrected chi connectivity index (χ4v) is 2.92. The number of ether oxygens (including phenoxy) is 2. The zero-order valence-corrected chi connectivity index (χ0v) is 15.2. The summed E-state index contributed by atoms with van der Waals surface area (Å²) in [5.41, 5.74) is 1.43. The molecular weight excluding hydrogens is 358 g/mol. The van der Waals surface area contributed by atoms with E-state index in [9.17, 15) is 9.90 Å². The van der Waals surface area contributed by atoms with Gasteiger partial charge in [0.1, 0.15) is 17.2 Å². The third kappa shape index (κ3) is 3.80. The van der Waals surface area contributed by atoms with Gasteiger partial charge in [0.05, 0.1) is 43.5 Å². The largest absolute Gasteiger partial charge is 0.507 e. The van der Waals surface area contributed by atoms with Crippen LogP contribution in [0.15, 0.2) is 42.2 Å². The van der Waals surface area contributed by atoms with Crippen LogP contribution < -0.4 is 9.47 Å². The summed E-state index contributed by atoms with van der Waals surface area (Å²) in [5, 5.41) is 28.1. The molecule has 1 heterocycles. The first-order valence-electron chi connectivity index (χ1n) is 8.46. The molecule has 0 saturated carbocycles. The number of fused-ring (bicyclic) bond motifs is 1. The summed E-state index contributed by atoms with van der Waals surface area (Å²) in [4.78, 5) is 14.3. The van der Waals surface area contributed by atoms with Crippen LogP contribution in [-0.4, -0.2) is 36.0 Å². The first-order chi connectivity index (χ1) is 13.6. The van der Waals surface area contributed by atoms with Crippen molar-refractivity contribution in [1.82, 2.24) is 4.90 Å². The van der Waals surface area contributed by atoms with Gasteiger partial charge in [-0.15, -0.1) is 0 Å². The van der Waals surface area contributed by atoms with Gasteiger partial charge in [0.25, 0.3) is 0 Å². The van der Waals surface area contributed by atoms with Crippen molar-refractivity contribution in [3.63, 3.8) is 0 Å². The molecule has 0 radical (unpaired) electrons. The number of hydrogen-bond donors (Lipinski definition) is 1. The molecule has 7 heteroatoms. The van der Waals surface area contributed by atoms with E-state index < -0.39 is 0 Å². The lowest BCUT2D eigenvalue weighted by Gasteiger charge is -2.17. The number of Topliss-reactive ketones (excluding diaryl/α,β-unsaturated/α-hetero) is 1. The average molecular weight is 375 g/mol. The number of ketones is 1. The Morgan fingerprint density at radius 1 is 1.21 bits per heavy atom. The number of carbonyl (C=O) groups is 1. The molecule has 0 atom stereocenters.